The molecule has 0 bridgehead atoms. The van der Waals surface area contributed by atoms with E-state index in [1.165, 1.54) is 11.0 Å². The maximum Gasteiger partial charge on any atom is 0.401 e. The Kier molecular flexibility index (Phi) is 6.69. The van der Waals surface area contributed by atoms with Gasteiger partial charge in [-0.15, -0.1) is 10.2 Å². The monoisotopic (exact) mass is 560 g/mol. The van der Waals surface area contributed by atoms with Crippen molar-refractivity contribution in [2.45, 2.75) is 44.1 Å². The predicted molar refractivity (Wildman–Crippen MR) is 135 cm³/mol. The molecule has 1 aromatic carbocycles. The minimum absolute atomic E-state index is 0.0179. The number of anilines is 1. The van der Waals surface area contributed by atoms with Crippen molar-refractivity contribution in [3.05, 3.63) is 64.1 Å². The van der Waals surface area contributed by atoms with E-state index in [1.54, 1.807) is 12.1 Å². The highest BCUT2D eigenvalue weighted by Crippen LogP contribution is 2.35. The Morgan fingerprint density at radius 2 is 1.82 bits per heavy atom. The summed E-state index contributed by atoms with van der Waals surface area (Å²) in [6.45, 7) is 2.14. The molecule has 0 radical (unpaired) electrons. The van der Waals surface area contributed by atoms with Gasteiger partial charge < -0.3 is 4.90 Å². The molecule has 0 unspecified atom stereocenters. The van der Waals surface area contributed by atoms with Gasteiger partial charge in [0, 0.05) is 49.7 Å². The normalized spacial score (nSPS) is 19.2. The average molecular weight is 561 g/mol. The van der Waals surface area contributed by atoms with Crippen LogP contribution in [-0.4, -0.2) is 74.5 Å². The van der Waals surface area contributed by atoms with Crippen molar-refractivity contribution in [1.29, 1.82) is 5.26 Å². The Morgan fingerprint density at radius 1 is 1.05 bits per heavy atom. The minimum Gasteiger partial charge on any atom is -0.357 e. The second kappa shape index (κ2) is 10.0. The molecule has 3 aliphatic heterocycles. The van der Waals surface area contributed by atoms with E-state index < -0.39 is 18.5 Å². The molecule has 0 aliphatic carbocycles. The molecule has 0 N–H and O–H groups in total. The Balaban J connectivity index is 1.23. The van der Waals surface area contributed by atoms with Crippen LogP contribution in [0.15, 0.2) is 30.3 Å². The van der Waals surface area contributed by atoms with Crippen molar-refractivity contribution in [2.24, 2.45) is 0 Å². The zero-order chi connectivity index (χ0) is 27.3. The Hall–Kier alpha value is -3.27. The van der Waals surface area contributed by atoms with Gasteiger partial charge in [0.15, 0.2) is 17.3 Å². The predicted octanol–water partition coefficient (Wildman–Crippen LogP) is 4.27. The summed E-state index contributed by atoms with van der Waals surface area (Å²) >= 11 is 6.35. The van der Waals surface area contributed by atoms with Crippen molar-refractivity contribution in [3.63, 3.8) is 0 Å². The molecule has 2 fully saturated rings. The molecular formula is C26H25ClF4N8. The van der Waals surface area contributed by atoms with Crippen molar-refractivity contribution >= 4 is 17.4 Å². The summed E-state index contributed by atoms with van der Waals surface area (Å²) in [5.74, 6) is 1.64. The SMILES string of the molecule is N#Cc1nc(N2CCC(c3nnc4n3-c3ccc(Cl)cc3CN(C3CN(CC(F)(F)F)C3)C4)CC2)ccc1F. The number of hydrogen-bond acceptors (Lipinski definition) is 7. The summed E-state index contributed by atoms with van der Waals surface area (Å²) in [7, 11) is 0. The Morgan fingerprint density at radius 3 is 2.54 bits per heavy atom. The maximum atomic E-state index is 13.7. The zero-order valence-electron chi connectivity index (χ0n) is 20.9. The number of alkyl halides is 3. The van der Waals surface area contributed by atoms with Crippen LogP contribution in [0.25, 0.3) is 5.69 Å². The maximum absolute atomic E-state index is 13.7. The number of hydrogen-bond donors (Lipinski definition) is 0. The lowest BCUT2D eigenvalue weighted by molar-refractivity contribution is -0.161. The molecule has 8 nitrogen and oxygen atoms in total. The second-order valence-corrected chi connectivity index (χ2v) is 10.8. The van der Waals surface area contributed by atoms with Crippen LogP contribution in [0, 0.1) is 17.1 Å². The zero-order valence-corrected chi connectivity index (χ0v) is 21.6. The highest BCUT2D eigenvalue weighted by atomic mass is 35.5. The van der Waals surface area contributed by atoms with E-state index in [1.807, 2.05) is 23.1 Å². The minimum atomic E-state index is -4.21. The standard InChI is InChI=1S/C26H25ClF4N8/c27-18-1-3-22-17(9-18)11-38(19-12-36(13-19)15-26(29,30)31)14-24-34-35-25(39(22)24)16-5-7-37(8-6-16)23-4-2-20(28)21(10-32)33-23/h1-4,9,16,19H,5-8,11-15H2. The van der Waals surface area contributed by atoms with Gasteiger partial charge in [-0.3, -0.25) is 14.4 Å². The molecule has 0 amide bonds. The number of aromatic nitrogens is 4. The highest BCUT2D eigenvalue weighted by Gasteiger charge is 2.40. The van der Waals surface area contributed by atoms with E-state index in [0.29, 0.717) is 50.1 Å². The number of rotatable bonds is 4. The number of halogens is 5. The van der Waals surface area contributed by atoms with Gasteiger partial charge in [0.2, 0.25) is 0 Å². The van der Waals surface area contributed by atoms with Crippen LogP contribution >= 0.6 is 11.6 Å². The van der Waals surface area contributed by atoms with E-state index in [2.05, 4.69) is 24.6 Å². The molecule has 3 aliphatic rings. The fourth-order valence-electron chi connectivity index (χ4n) is 5.78. The average Bonchev–Trinajstić information content (AvgIpc) is 3.22. The Labute approximate surface area is 227 Å². The first-order valence-electron chi connectivity index (χ1n) is 12.8. The third-order valence-electron chi connectivity index (χ3n) is 7.73. The van der Waals surface area contributed by atoms with E-state index in [9.17, 15) is 17.6 Å². The van der Waals surface area contributed by atoms with E-state index in [-0.39, 0.29) is 17.7 Å². The summed E-state index contributed by atoms with van der Waals surface area (Å²) in [6.07, 6.45) is -2.68. The van der Waals surface area contributed by atoms with Crippen LogP contribution in [0.3, 0.4) is 0 Å². The van der Waals surface area contributed by atoms with Crippen LogP contribution in [0.2, 0.25) is 5.02 Å². The van der Waals surface area contributed by atoms with Crippen LogP contribution in [0.5, 0.6) is 0 Å². The van der Waals surface area contributed by atoms with Crippen molar-refractivity contribution < 1.29 is 17.6 Å². The first kappa shape index (κ1) is 26.0. The van der Waals surface area contributed by atoms with Gasteiger partial charge >= 0.3 is 6.18 Å². The molecule has 6 rings (SSSR count). The largest absolute Gasteiger partial charge is 0.401 e. The van der Waals surface area contributed by atoms with Gasteiger partial charge in [0.25, 0.3) is 0 Å². The number of likely N-dealkylation sites (tertiary alicyclic amines) is 1. The van der Waals surface area contributed by atoms with Gasteiger partial charge in [-0.05, 0) is 48.7 Å². The first-order chi connectivity index (χ1) is 18.7. The smallest absolute Gasteiger partial charge is 0.357 e. The number of fused-ring (bicyclic) bond motifs is 3. The van der Waals surface area contributed by atoms with Crippen LogP contribution in [0.1, 0.15) is 41.7 Å². The molecular weight excluding hydrogens is 536 g/mol. The molecule has 39 heavy (non-hydrogen) atoms. The van der Waals surface area contributed by atoms with E-state index in [0.717, 1.165) is 35.7 Å². The fourth-order valence-corrected chi connectivity index (χ4v) is 5.98. The van der Waals surface area contributed by atoms with Crippen LogP contribution in [0.4, 0.5) is 23.4 Å². The topological polar surface area (TPSA) is 77.1 Å². The molecule has 2 aromatic heterocycles. The molecule has 2 saturated heterocycles. The third kappa shape index (κ3) is 5.18. The summed E-state index contributed by atoms with van der Waals surface area (Å²) in [6, 6.07) is 10.3. The summed E-state index contributed by atoms with van der Waals surface area (Å²) in [4.78, 5) is 9.77. The highest BCUT2D eigenvalue weighted by molar-refractivity contribution is 6.30. The lowest BCUT2D eigenvalue weighted by Gasteiger charge is -2.45. The lowest BCUT2D eigenvalue weighted by atomic mass is 9.95. The first-order valence-corrected chi connectivity index (χ1v) is 13.1. The molecule has 204 valence electrons. The summed E-state index contributed by atoms with van der Waals surface area (Å²) in [5.41, 5.74) is 1.70. The summed E-state index contributed by atoms with van der Waals surface area (Å²) < 4.78 is 54.3. The van der Waals surface area contributed by atoms with Gasteiger partial charge in [0.05, 0.1) is 18.8 Å². The van der Waals surface area contributed by atoms with Crippen molar-refractivity contribution in [1.82, 2.24) is 29.5 Å². The summed E-state index contributed by atoms with van der Waals surface area (Å²) in [5, 5.41) is 18.8. The molecule has 0 atom stereocenters. The van der Waals surface area contributed by atoms with Gasteiger partial charge in [-0.1, -0.05) is 11.6 Å². The second-order valence-electron chi connectivity index (χ2n) is 10.3. The van der Waals surface area contributed by atoms with Crippen molar-refractivity contribution in [2.75, 3.05) is 37.6 Å². The van der Waals surface area contributed by atoms with Gasteiger partial charge in [0.1, 0.15) is 17.7 Å². The van der Waals surface area contributed by atoms with Gasteiger partial charge in [-0.2, -0.15) is 18.4 Å². The number of benzene rings is 1. The number of nitriles is 1. The Bertz CT molecular complexity index is 1420. The lowest BCUT2D eigenvalue weighted by Crippen LogP contribution is -2.60. The molecule has 3 aromatic rings. The number of piperidine rings is 1. The van der Waals surface area contributed by atoms with Crippen LogP contribution in [-0.2, 0) is 13.1 Å². The molecule has 5 heterocycles. The van der Waals surface area contributed by atoms with E-state index in [4.69, 9.17) is 16.9 Å². The number of pyridine rings is 1. The molecule has 13 heteroatoms. The number of nitrogens with zero attached hydrogens (tertiary/aromatic N) is 8. The van der Waals surface area contributed by atoms with Crippen LogP contribution < -0.4 is 4.90 Å². The van der Waals surface area contributed by atoms with Gasteiger partial charge in [-0.25, -0.2) is 9.37 Å². The molecule has 0 saturated carbocycles. The fraction of sp³-hybridized carbons (Fsp3) is 0.462. The van der Waals surface area contributed by atoms with Crippen molar-refractivity contribution in [3.8, 4) is 11.8 Å². The van der Waals surface area contributed by atoms with E-state index >= 15 is 0 Å². The quantitative estimate of drug-likeness (QED) is 0.441. The molecule has 0 spiro atoms. The third-order valence-corrected chi connectivity index (χ3v) is 7.97.